The van der Waals surface area contributed by atoms with Crippen molar-refractivity contribution in [3.8, 4) is 23.8 Å². The zero-order valence-electron chi connectivity index (χ0n) is 15.8. The van der Waals surface area contributed by atoms with E-state index in [1.807, 2.05) is 18.2 Å². The molecule has 0 saturated heterocycles. The predicted molar refractivity (Wildman–Crippen MR) is 112 cm³/mol. The molecule has 8 heteroatoms. The first-order chi connectivity index (χ1) is 14.0. The smallest absolute Gasteiger partial charge is 0.240 e. The van der Waals surface area contributed by atoms with Gasteiger partial charge < -0.3 is 14.8 Å². The number of benzene rings is 2. The Hall–Kier alpha value is -3.50. The summed E-state index contributed by atoms with van der Waals surface area (Å²) in [6, 6.07) is 12.2. The lowest BCUT2D eigenvalue weighted by molar-refractivity contribution is -0.124. The summed E-state index contributed by atoms with van der Waals surface area (Å²) in [4.78, 5) is 23.7. The van der Waals surface area contributed by atoms with Crippen molar-refractivity contribution >= 4 is 35.3 Å². The summed E-state index contributed by atoms with van der Waals surface area (Å²) in [6.45, 7) is 0.0530. The van der Waals surface area contributed by atoms with E-state index in [1.54, 1.807) is 24.3 Å². The summed E-state index contributed by atoms with van der Waals surface area (Å²) in [5.41, 5.74) is 3.63. The van der Waals surface area contributed by atoms with Gasteiger partial charge >= 0.3 is 0 Å². The van der Waals surface area contributed by atoms with Crippen molar-refractivity contribution in [2.45, 2.75) is 12.8 Å². The van der Waals surface area contributed by atoms with Crippen LogP contribution in [-0.2, 0) is 9.59 Å². The molecule has 0 atom stereocenters. The Bertz CT molecular complexity index is 924. The molecule has 0 aliphatic rings. The lowest BCUT2D eigenvalue weighted by Gasteiger charge is -2.11. The highest BCUT2D eigenvalue weighted by atomic mass is 35.5. The molecule has 2 rings (SSSR count). The average Bonchev–Trinajstić information content (AvgIpc) is 2.72. The molecule has 29 heavy (non-hydrogen) atoms. The molecule has 150 valence electrons. The number of rotatable bonds is 9. The molecule has 0 fully saturated rings. The average molecular weight is 414 g/mol. The number of nitrogens with zero attached hydrogens (tertiary/aromatic N) is 1. The van der Waals surface area contributed by atoms with Crippen molar-refractivity contribution in [2.75, 3.05) is 19.0 Å². The number of para-hydroxylation sites is 1. The molecule has 0 aromatic heterocycles. The summed E-state index contributed by atoms with van der Waals surface area (Å²) < 4.78 is 10.6. The Morgan fingerprint density at radius 2 is 1.93 bits per heavy atom. The Morgan fingerprint density at radius 3 is 2.62 bits per heavy atom. The van der Waals surface area contributed by atoms with E-state index >= 15 is 0 Å². The number of hydrogen-bond acceptors (Lipinski definition) is 5. The van der Waals surface area contributed by atoms with Crippen molar-refractivity contribution < 1.29 is 19.1 Å². The monoisotopic (exact) mass is 413 g/mol. The number of carbonyl (C=O) groups excluding carboxylic acids is 2. The van der Waals surface area contributed by atoms with Crippen molar-refractivity contribution in [3.05, 3.63) is 53.1 Å². The normalized spacial score (nSPS) is 10.2. The molecule has 7 nitrogen and oxygen atoms in total. The molecule has 2 N–H and O–H groups in total. The van der Waals surface area contributed by atoms with E-state index < -0.39 is 5.91 Å². The van der Waals surface area contributed by atoms with Crippen LogP contribution in [0.3, 0.4) is 0 Å². The van der Waals surface area contributed by atoms with Gasteiger partial charge in [-0.1, -0.05) is 35.7 Å². The topological polar surface area (TPSA) is 89.0 Å². The number of terminal acetylenes is 1. The lowest BCUT2D eigenvalue weighted by atomic mass is 10.2. The molecular weight excluding hydrogens is 394 g/mol. The van der Waals surface area contributed by atoms with Crippen molar-refractivity contribution in [1.82, 2.24) is 5.43 Å². The van der Waals surface area contributed by atoms with Crippen molar-refractivity contribution in [2.24, 2.45) is 5.10 Å². The van der Waals surface area contributed by atoms with Crippen LogP contribution in [-0.4, -0.2) is 31.7 Å². The molecule has 2 amide bonds. The van der Waals surface area contributed by atoms with Gasteiger partial charge in [-0.25, -0.2) is 5.43 Å². The Labute approximate surface area is 174 Å². The fraction of sp³-hybridized carbons (Fsp3) is 0.190. The number of amides is 2. The maximum Gasteiger partial charge on any atom is 0.240 e. The Balaban J connectivity index is 1.85. The third-order valence-corrected chi connectivity index (χ3v) is 3.87. The minimum Gasteiger partial charge on any atom is -0.493 e. The summed E-state index contributed by atoms with van der Waals surface area (Å²) in [6.07, 6.45) is 6.62. The van der Waals surface area contributed by atoms with Crippen LogP contribution in [0.15, 0.2) is 47.6 Å². The molecule has 0 unspecified atom stereocenters. The van der Waals surface area contributed by atoms with Gasteiger partial charge in [-0.3, -0.25) is 9.59 Å². The minimum atomic E-state index is -0.392. The van der Waals surface area contributed by atoms with Crippen LogP contribution in [0, 0.1) is 12.3 Å². The highest BCUT2D eigenvalue weighted by Crippen LogP contribution is 2.35. The Morgan fingerprint density at radius 1 is 1.21 bits per heavy atom. The van der Waals surface area contributed by atoms with Crippen LogP contribution in [0.2, 0.25) is 5.02 Å². The van der Waals surface area contributed by atoms with Crippen LogP contribution < -0.4 is 20.2 Å². The summed E-state index contributed by atoms with van der Waals surface area (Å²) >= 11 is 6.17. The lowest BCUT2D eigenvalue weighted by Crippen LogP contribution is -2.20. The van der Waals surface area contributed by atoms with Gasteiger partial charge in [0.15, 0.2) is 11.5 Å². The molecule has 0 heterocycles. The van der Waals surface area contributed by atoms with E-state index in [-0.39, 0.29) is 25.4 Å². The number of hydrogen-bond donors (Lipinski definition) is 2. The van der Waals surface area contributed by atoms with E-state index in [4.69, 9.17) is 27.5 Å². The van der Waals surface area contributed by atoms with Crippen LogP contribution in [0.25, 0.3) is 0 Å². The number of anilines is 1. The van der Waals surface area contributed by atoms with Gasteiger partial charge in [0.25, 0.3) is 0 Å². The number of methoxy groups -OCH3 is 1. The number of hydrazone groups is 1. The van der Waals surface area contributed by atoms with Gasteiger partial charge in [-0.05, 0) is 29.8 Å². The van der Waals surface area contributed by atoms with Crippen LogP contribution in [0.5, 0.6) is 11.5 Å². The highest BCUT2D eigenvalue weighted by Gasteiger charge is 2.11. The number of ether oxygens (including phenoxy) is 2. The van der Waals surface area contributed by atoms with Crippen molar-refractivity contribution in [3.63, 3.8) is 0 Å². The fourth-order valence-corrected chi connectivity index (χ4v) is 2.55. The summed E-state index contributed by atoms with van der Waals surface area (Å²) in [5, 5.41) is 6.87. The number of carbonyl (C=O) groups is 2. The van der Waals surface area contributed by atoms with Crippen LogP contribution >= 0.6 is 11.6 Å². The van der Waals surface area contributed by atoms with E-state index in [9.17, 15) is 9.59 Å². The maximum absolute atomic E-state index is 11.9. The van der Waals surface area contributed by atoms with Crippen LogP contribution in [0.1, 0.15) is 18.4 Å². The van der Waals surface area contributed by atoms with Gasteiger partial charge in [-0.15, -0.1) is 6.42 Å². The standard InChI is InChI=1S/C21H20ClN3O4/c1-3-11-29-21-17(22)12-15(13-18(21)28-2)14-23-25-20(27)10-9-19(26)24-16-7-5-4-6-8-16/h1,4-8,12-14H,9-11H2,2H3,(H,24,26)(H,25,27). The molecule has 0 spiro atoms. The van der Waals surface area contributed by atoms with Gasteiger partial charge in [0.2, 0.25) is 11.8 Å². The van der Waals surface area contributed by atoms with Gasteiger partial charge in [0, 0.05) is 18.5 Å². The second kappa shape index (κ2) is 11.4. The third-order valence-electron chi connectivity index (χ3n) is 3.59. The van der Waals surface area contributed by atoms with E-state index in [0.717, 1.165) is 0 Å². The SMILES string of the molecule is C#CCOc1c(Cl)cc(C=NNC(=O)CCC(=O)Nc2ccccc2)cc1OC. The van der Waals surface area contributed by atoms with Gasteiger partial charge in [-0.2, -0.15) is 5.10 Å². The van der Waals surface area contributed by atoms with Crippen LogP contribution in [0.4, 0.5) is 5.69 Å². The molecule has 2 aromatic carbocycles. The second-order valence-corrected chi connectivity index (χ2v) is 6.14. The van der Waals surface area contributed by atoms with E-state index in [2.05, 4.69) is 21.8 Å². The second-order valence-electron chi connectivity index (χ2n) is 5.73. The predicted octanol–water partition coefficient (Wildman–Crippen LogP) is 3.23. The minimum absolute atomic E-state index is 0.00104. The van der Waals surface area contributed by atoms with E-state index in [1.165, 1.54) is 13.3 Å². The number of halogens is 1. The first-order valence-electron chi connectivity index (χ1n) is 8.64. The zero-order valence-corrected chi connectivity index (χ0v) is 16.5. The molecule has 0 aliphatic carbocycles. The summed E-state index contributed by atoms with van der Waals surface area (Å²) in [5.74, 6) is 2.42. The quantitative estimate of drug-likeness (QED) is 0.375. The first-order valence-corrected chi connectivity index (χ1v) is 9.02. The Kier molecular flexibility index (Phi) is 8.54. The highest BCUT2D eigenvalue weighted by molar-refractivity contribution is 6.32. The fourth-order valence-electron chi connectivity index (χ4n) is 2.27. The molecule has 0 saturated carbocycles. The molecule has 0 aliphatic heterocycles. The number of nitrogens with one attached hydrogen (secondary N) is 2. The third kappa shape index (κ3) is 7.20. The molecule has 0 bridgehead atoms. The van der Waals surface area contributed by atoms with Gasteiger partial charge in [0.1, 0.15) is 6.61 Å². The first kappa shape index (κ1) is 21.8. The maximum atomic E-state index is 11.9. The largest absolute Gasteiger partial charge is 0.493 e. The molecule has 0 radical (unpaired) electrons. The van der Waals surface area contributed by atoms with Gasteiger partial charge in [0.05, 0.1) is 18.3 Å². The molecule has 2 aromatic rings. The zero-order chi connectivity index (χ0) is 21.1. The summed E-state index contributed by atoms with van der Waals surface area (Å²) in [7, 11) is 1.47. The molecular formula is C21H20ClN3O4. The van der Waals surface area contributed by atoms with Crippen molar-refractivity contribution in [1.29, 1.82) is 0 Å². The van der Waals surface area contributed by atoms with E-state index in [0.29, 0.717) is 27.8 Å².